The van der Waals surface area contributed by atoms with E-state index in [1.54, 1.807) is 47.1 Å². The lowest BCUT2D eigenvalue weighted by Gasteiger charge is -2.30. The molecule has 182 valence electrons. The molecule has 0 fully saturated rings. The van der Waals surface area contributed by atoms with Crippen LogP contribution in [0.3, 0.4) is 0 Å². The van der Waals surface area contributed by atoms with E-state index in [-0.39, 0.29) is 17.7 Å². The smallest absolute Gasteiger partial charge is 0.266 e. The summed E-state index contributed by atoms with van der Waals surface area (Å²) in [5.74, 6) is -0.259. The maximum absolute atomic E-state index is 13.2. The van der Waals surface area contributed by atoms with E-state index in [1.165, 1.54) is 17.6 Å². The molecule has 3 amide bonds. The molecule has 1 aromatic carbocycles. The zero-order valence-corrected chi connectivity index (χ0v) is 20.4. The molecule has 1 aliphatic rings. The second-order valence-corrected chi connectivity index (χ2v) is 9.48. The fourth-order valence-corrected chi connectivity index (χ4v) is 5.01. The molecule has 0 radical (unpaired) electrons. The van der Waals surface area contributed by atoms with Crippen molar-refractivity contribution in [3.8, 4) is 0 Å². The molecule has 0 saturated heterocycles. The first-order chi connectivity index (χ1) is 16.8. The first-order valence-electron chi connectivity index (χ1n) is 11.3. The number of benzene rings is 1. The highest BCUT2D eigenvalue weighted by molar-refractivity contribution is 7.14. The van der Waals surface area contributed by atoms with Crippen molar-refractivity contribution < 1.29 is 19.8 Å². The molecule has 3 aromatic rings. The Kier molecular flexibility index (Phi) is 6.97. The van der Waals surface area contributed by atoms with Gasteiger partial charge in [0.05, 0.1) is 10.4 Å². The van der Waals surface area contributed by atoms with Crippen molar-refractivity contribution in [1.29, 1.82) is 0 Å². The van der Waals surface area contributed by atoms with Gasteiger partial charge in [-0.1, -0.05) is 6.92 Å². The minimum atomic E-state index is -0.669. The van der Waals surface area contributed by atoms with Crippen LogP contribution in [0.2, 0.25) is 0 Å². The van der Waals surface area contributed by atoms with E-state index in [0.29, 0.717) is 53.4 Å². The quantitative estimate of drug-likeness (QED) is 0.280. The Labute approximate surface area is 206 Å². The standard InChI is InChI=1S/C24H27N7O3S/c1-3-18(27-22(32)14-4-5-17(26)15(10-14)12-25)24(34)31-9-6-19-16(13-31)11-20(35-19)23(33)28-21-7-8-30(2)29-21/h4-5,7-8,10-12,18,25H,3,6,9,13,26H2,1-2H3,(H,27,32)(H,28,29,33)/p+1/t18-/m1/s1. The van der Waals surface area contributed by atoms with Crippen LogP contribution in [-0.4, -0.2) is 51.2 Å². The highest BCUT2D eigenvalue weighted by Crippen LogP contribution is 2.29. The SMILES string of the molecule is CC[C@@H](NC(=O)c1ccc(N)c(C=[NH2+])c1)C(=O)N1CCc2sc(C(=O)Nc3ccn(C)n3)cc2C1. The van der Waals surface area contributed by atoms with Gasteiger partial charge in [-0.25, -0.2) is 0 Å². The number of thiophene rings is 1. The maximum Gasteiger partial charge on any atom is 0.266 e. The number of aromatic nitrogens is 2. The number of amides is 3. The molecule has 0 saturated carbocycles. The van der Waals surface area contributed by atoms with Crippen LogP contribution >= 0.6 is 11.3 Å². The lowest BCUT2D eigenvalue weighted by molar-refractivity contribution is -0.134. The van der Waals surface area contributed by atoms with Crippen LogP contribution in [0.1, 0.15) is 49.4 Å². The minimum Gasteiger partial charge on any atom is -0.398 e. The third-order valence-electron chi connectivity index (χ3n) is 5.90. The van der Waals surface area contributed by atoms with Crippen LogP contribution in [0.25, 0.3) is 0 Å². The fraction of sp³-hybridized carbons (Fsp3) is 0.292. The first-order valence-corrected chi connectivity index (χ1v) is 12.1. The highest BCUT2D eigenvalue weighted by atomic mass is 32.1. The molecule has 1 aliphatic heterocycles. The van der Waals surface area contributed by atoms with Gasteiger partial charge in [-0.05, 0) is 42.7 Å². The summed E-state index contributed by atoms with van der Waals surface area (Å²) in [7, 11) is 1.78. The Morgan fingerprint density at radius 2 is 2.06 bits per heavy atom. The fourth-order valence-electron chi connectivity index (χ4n) is 3.95. The predicted octanol–water partition coefficient (Wildman–Crippen LogP) is 0.587. The van der Waals surface area contributed by atoms with Crippen LogP contribution in [-0.2, 0) is 24.8 Å². The third-order valence-corrected chi connectivity index (χ3v) is 7.13. The molecule has 10 nitrogen and oxygen atoms in total. The van der Waals surface area contributed by atoms with E-state index in [0.717, 1.165) is 10.4 Å². The van der Waals surface area contributed by atoms with Crippen LogP contribution < -0.4 is 21.8 Å². The van der Waals surface area contributed by atoms with Crippen molar-refractivity contribution in [3.05, 3.63) is 63.0 Å². The normalized spacial score (nSPS) is 13.6. The van der Waals surface area contributed by atoms with Gasteiger partial charge in [-0.3, -0.25) is 24.5 Å². The number of fused-ring (bicyclic) bond motifs is 1. The molecule has 1 atom stereocenters. The molecule has 6 N–H and O–H groups in total. The number of nitrogen functional groups attached to an aromatic ring is 1. The molecular weight excluding hydrogens is 466 g/mol. The van der Waals surface area contributed by atoms with E-state index in [2.05, 4.69) is 15.7 Å². The van der Waals surface area contributed by atoms with Crippen LogP contribution in [0.4, 0.5) is 11.5 Å². The molecule has 0 aliphatic carbocycles. The van der Waals surface area contributed by atoms with Gasteiger partial charge in [0.25, 0.3) is 11.8 Å². The van der Waals surface area contributed by atoms with Gasteiger partial charge in [-0.2, -0.15) is 5.10 Å². The van der Waals surface area contributed by atoms with Gasteiger partial charge in [0.2, 0.25) is 5.91 Å². The summed E-state index contributed by atoms with van der Waals surface area (Å²) in [6.07, 6.45) is 4.19. The van der Waals surface area contributed by atoms with Gasteiger partial charge in [0, 0.05) is 48.5 Å². The second kappa shape index (κ2) is 10.1. The van der Waals surface area contributed by atoms with E-state index in [1.807, 2.05) is 13.0 Å². The molecule has 11 heteroatoms. The number of nitrogens with one attached hydrogen (secondary N) is 2. The summed E-state index contributed by atoms with van der Waals surface area (Å²) in [4.78, 5) is 42.1. The van der Waals surface area contributed by atoms with Crippen molar-refractivity contribution >= 4 is 46.8 Å². The molecule has 3 heterocycles. The third kappa shape index (κ3) is 5.24. The Morgan fingerprint density at radius 3 is 2.74 bits per heavy atom. The van der Waals surface area contributed by atoms with Gasteiger partial charge in [0.15, 0.2) is 12.0 Å². The summed E-state index contributed by atoms with van der Waals surface area (Å²) < 4.78 is 1.62. The Bertz CT molecular complexity index is 1300. The van der Waals surface area contributed by atoms with E-state index >= 15 is 0 Å². The summed E-state index contributed by atoms with van der Waals surface area (Å²) in [5.41, 5.74) is 8.20. The summed E-state index contributed by atoms with van der Waals surface area (Å²) in [5, 5.41) is 15.4. The number of carbonyl (C=O) groups is 3. The monoisotopic (exact) mass is 494 g/mol. The average Bonchev–Trinajstić information content (AvgIpc) is 3.47. The molecular formula is C24H28N7O3S+. The van der Waals surface area contributed by atoms with E-state index in [4.69, 9.17) is 11.1 Å². The van der Waals surface area contributed by atoms with E-state index in [9.17, 15) is 14.4 Å². The molecule has 2 aromatic heterocycles. The van der Waals surface area contributed by atoms with Crippen molar-refractivity contribution in [2.75, 3.05) is 17.6 Å². The summed E-state index contributed by atoms with van der Waals surface area (Å²) in [6, 6.07) is 7.70. The molecule has 4 rings (SSSR count). The van der Waals surface area contributed by atoms with Crippen LogP contribution in [0.5, 0.6) is 0 Å². The molecule has 0 bridgehead atoms. The lowest BCUT2D eigenvalue weighted by Crippen LogP contribution is -2.49. The first kappa shape index (κ1) is 24.1. The van der Waals surface area contributed by atoms with Crippen LogP contribution in [0, 0.1) is 0 Å². The number of carbonyl (C=O) groups excluding carboxylic acids is 3. The van der Waals surface area contributed by atoms with Gasteiger partial charge >= 0.3 is 0 Å². The lowest BCUT2D eigenvalue weighted by atomic mass is 10.1. The Morgan fingerprint density at radius 1 is 1.26 bits per heavy atom. The van der Waals surface area contributed by atoms with Crippen molar-refractivity contribution in [2.24, 2.45) is 7.05 Å². The van der Waals surface area contributed by atoms with Gasteiger partial charge in [-0.15, -0.1) is 11.3 Å². The van der Waals surface area contributed by atoms with Crippen molar-refractivity contribution in [1.82, 2.24) is 20.0 Å². The largest absolute Gasteiger partial charge is 0.398 e. The number of nitrogens with two attached hydrogens (primary N) is 2. The second-order valence-electron chi connectivity index (χ2n) is 8.34. The van der Waals surface area contributed by atoms with Gasteiger partial charge in [0.1, 0.15) is 6.04 Å². The highest BCUT2D eigenvalue weighted by Gasteiger charge is 2.29. The number of nitrogens with zero attached hydrogens (tertiary/aromatic N) is 3. The topological polar surface area (TPSA) is 148 Å². The molecule has 0 unspecified atom stereocenters. The average molecular weight is 495 g/mol. The van der Waals surface area contributed by atoms with Crippen molar-refractivity contribution in [2.45, 2.75) is 32.4 Å². The maximum atomic E-state index is 13.2. The van der Waals surface area contributed by atoms with Crippen molar-refractivity contribution in [3.63, 3.8) is 0 Å². The minimum absolute atomic E-state index is 0.154. The summed E-state index contributed by atoms with van der Waals surface area (Å²) in [6.45, 7) is 2.77. The zero-order chi connectivity index (χ0) is 25.1. The number of anilines is 2. The number of hydrogen-bond donors (Lipinski definition) is 4. The van der Waals surface area contributed by atoms with Gasteiger partial charge < -0.3 is 21.3 Å². The molecule has 35 heavy (non-hydrogen) atoms. The van der Waals surface area contributed by atoms with E-state index < -0.39 is 6.04 Å². The Hall–Kier alpha value is -3.99. The number of hydrogen-bond acceptors (Lipinski definition) is 6. The molecule has 0 spiro atoms. The number of rotatable bonds is 7. The summed E-state index contributed by atoms with van der Waals surface area (Å²) >= 11 is 1.43. The number of aryl methyl sites for hydroxylation is 1. The van der Waals surface area contributed by atoms with Crippen LogP contribution in [0.15, 0.2) is 36.5 Å². The Balaban J connectivity index is 1.41. The predicted molar refractivity (Wildman–Crippen MR) is 134 cm³/mol. The zero-order valence-electron chi connectivity index (χ0n) is 19.6.